The number of methoxy groups -OCH3 is 2. The highest BCUT2D eigenvalue weighted by Gasteiger charge is 2.70. The quantitative estimate of drug-likeness (QED) is 0.144. The molecule has 10 nitrogen and oxygen atoms in total. The molecule has 0 aromatic rings. The number of hydrogen-bond acceptors (Lipinski definition) is 8. The Morgan fingerprint density at radius 1 is 0.731 bits per heavy atom. The van der Waals surface area contributed by atoms with Crippen LogP contribution in [0.25, 0.3) is 0 Å². The monoisotopic (exact) mass is 366 g/mol. The van der Waals surface area contributed by atoms with Crippen LogP contribution in [0, 0.1) is 47.3 Å². The molecule has 4 aliphatic carbocycles. The Bertz CT molecular complexity index is 624. The second-order valence-electron chi connectivity index (χ2n) is 6.86. The lowest BCUT2D eigenvalue weighted by atomic mass is 9.39. The number of carbonyl (C=O) groups is 4. The average molecular weight is 366 g/mol. The van der Waals surface area contributed by atoms with E-state index in [4.69, 9.17) is 21.2 Å². The number of allylic oxidation sites excluding steroid dienone is 2. The molecule has 2 amide bonds. The molecule has 0 spiro atoms. The van der Waals surface area contributed by atoms with Crippen molar-refractivity contribution in [2.45, 2.75) is 0 Å². The number of esters is 2. The molecule has 6 N–H and O–H groups in total. The van der Waals surface area contributed by atoms with Crippen LogP contribution in [0.2, 0.25) is 0 Å². The molecule has 0 aliphatic heterocycles. The molecular weight excluding hydrogens is 344 g/mol. The third-order valence-electron chi connectivity index (χ3n) is 6.16. The Hall–Kier alpha value is -2.46. The van der Waals surface area contributed by atoms with Gasteiger partial charge in [-0.05, 0) is 23.7 Å². The minimum absolute atomic E-state index is 0.319. The van der Waals surface area contributed by atoms with E-state index in [1.807, 2.05) is 12.2 Å². The number of ether oxygens (including phenoxy) is 2. The fourth-order valence-electron chi connectivity index (χ4n) is 5.26. The van der Waals surface area contributed by atoms with Crippen LogP contribution < -0.4 is 22.5 Å². The highest BCUT2D eigenvalue weighted by molar-refractivity contribution is 5.91. The predicted octanol–water partition coefficient (Wildman–Crippen LogP) is -2.16. The molecule has 0 saturated heterocycles. The molecule has 10 heteroatoms. The van der Waals surface area contributed by atoms with Crippen molar-refractivity contribution in [3.05, 3.63) is 12.2 Å². The smallest absolute Gasteiger partial charge is 0.310 e. The summed E-state index contributed by atoms with van der Waals surface area (Å²) in [4.78, 5) is 49.4. The number of nitrogens with two attached hydrogens (primary N) is 2. The Morgan fingerprint density at radius 2 is 1.08 bits per heavy atom. The zero-order valence-corrected chi connectivity index (χ0v) is 14.4. The molecule has 2 fully saturated rings. The summed E-state index contributed by atoms with van der Waals surface area (Å²) in [5.74, 6) is 3.91. The van der Waals surface area contributed by atoms with Crippen LogP contribution in [0.15, 0.2) is 12.2 Å². The number of amides is 2. The normalized spacial score (nSPS) is 39.2. The van der Waals surface area contributed by atoms with Crippen molar-refractivity contribution in [3.8, 4) is 0 Å². The highest BCUT2D eigenvalue weighted by atomic mass is 16.5. The van der Waals surface area contributed by atoms with Crippen LogP contribution in [0.3, 0.4) is 0 Å². The summed E-state index contributed by atoms with van der Waals surface area (Å²) in [6.07, 6.45) is 3.64. The molecule has 2 bridgehead atoms. The van der Waals surface area contributed by atoms with E-state index in [1.54, 1.807) is 0 Å². The van der Waals surface area contributed by atoms with Crippen LogP contribution >= 0.6 is 0 Å². The van der Waals surface area contributed by atoms with Gasteiger partial charge in [0.2, 0.25) is 11.8 Å². The van der Waals surface area contributed by atoms with E-state index >= 15 is 0 Å². The van der Waals surface area contributed by atoms with Crippen molar-refractivity contribution in [3.63, 3.8) is 0 Å². The standard InChI is InChI=1S/C16H22N4O6/c1-25-15(23)9-5-3-4-6(10(9)16(24)26-2)8-7(5)11(13(21)19-17)12(8)14(22)20-18/h3-12H,17-18H2,1-2H3,(H,19,21)(H,20,22)/t5-,6-,7-,8-,9-,10+,11+,12-/m1/s1. The van der Waals surface area contributed by atoms with Gasteiger partial charge in [0.15, 0.2) is 0 Å². The van der Waals surface area contributed by atoms with Crippen molar-refractivity contribution < 1.29 is 28.7 Å². The molecule has 0 radical (unpaired) electrons. The fraction of sp³-hybridized carbons (Fsp3) is 0.625. The van der Waals surface area contributed by atoms with Crippen molar-refractivity contribution in [1.29, 1.82) is 0 Å². The van der Waals surface area contributed by atoms with Crippen LogP contribution in [-0.2, 0) is 28.7 Å². The van der Waals surface area contributed by atoms with Crippen LogP contribution in [0.5, 0.6) is 0 Å². The molecule has 0 heterocycles. The van der Waals surface area contributed by atoms with Gasteiger partial charge in [-0.15, -0.1) is 0 Å². The minimum atomic E-state index is -0.779. The van der Waals surface area contributed by atoms with E-state index in [-0.39, 0.29) is 11.8 Å². The summed E-state index contributed by atoms with van der Waals surface area (Å²) in [6, 6.07) is 0. The molecule has 8 atom stereocenters. The molecule has 4 rings (SSSR count). The second-order valence-corrected chi connectivity index (χ2v) is 6.86. The summed E-state index contributed by atoms with van der Waals surface area (Å²) in [7, 11) is 2.49. The second kappa shape index (κ2) is 6.69. The van der Waals surface area contributed by atoms with Crippen LogP contribution in [0.1, 0.15) is 0 Å². The first-order valence-corrected chi connectivity index (χ1v) is 8.27. The van der Waals surface area contributed by atoms with Gasteiger partial charge in [0.25, 0.3) is 0 Å². The van der Waals surface area contributed by atoms with Gasteiger partial charge in [-0.3, -0.25) is 30.0 Å². The van der Waals surface area contributed by atoms with E-state index in [9.17, 15) is 19.2 Å². The van der Waals surface area contributed by atoms with E-state index < -0.39 is 59.3 Å². The summed E-state index contributed by atoms with van der Waals surface area (Å²) < 4.78 is 9.77. The lowest BCUT2D eigenvalue weighted by Gasteiger charge is -2.63. The number of hydrazine groups is 2. The van der Waals surface area contributed by atoms with Crippen molar-refractivity contribution >= 4 is 23.8 Å². The van der Waals surface area contributed by atoms with Crippen molar-refractivity contribution in [1.82, 2.24) is 10.9 Å². The molecule has 26 heavy (non-hydrogen) atoms. The molecule has 4 aliphatic rings. The van der Waals surface area contributed by atoms with Crippen molar-refractivity contribution in [2.24, 2.45) is 59.0 Å². The largest absolute Gasteiger partial charge is 0.469 e. The number of hydrogen-bond donors (Lipinski definition) is 4. The van der Waals surface area contributed by atoms with Gasteiger partial charge in [-0.1, -0.05) is 12.2 Å². The van der Waals surface area contributed by atoms with E-state index in [0.29, 0.717) is 0 Å². The number of rotatable bonds is 4. The van der Waals surface area contributed by atoms with Gasteiger partial charge in [-0.25, -0.2) is 11.7 Å². The first-order chi connectivity index (χ1) is 12.4. The Morgan fingerprint density at radius 3 is 1.35 bits per heavy atom. The number of carbonyl (C=O) groups excluding carboxylic acids is 4. The van der Waals surface area contributed by atoms with Gasteiger partial charge >= 0.3 is 11.9 Å². The SMILES string of the molecule is COC(=O)[C@@H]1[C@@H]2C=C[C@@H]([C@@H]1C(=O)OC)[C@H]1[C@@H](C(=O)NN)[C@@H](C(=O)NN)[C@H]21. The number of fused-ring (bicyclic) bond motifs is 1. The molecule has 0 aromatic heterocycles. The Balaban J connectivity index is 2.05. The van der Waals surface area contributed by atoms with Gasteiger partial charge < -0.3 is 9.47 Å². The average Bonchev–Trinajstić information content (AvgIpc) is 2.65. The summed E-state index contributed by atoms with van der Waals surface area (Å²) in [6.45, 7) is 0. The van der Waals surface area contributed by atoms with Crippen LogP contribution in [-0.4, -0.2) is 38.0 Å². The number of nitrogens with one attached hydrogen (secondary N) is 2. The maximum atomic E-state index is 12.4. The van der Waals surface area contributed by atoms with E-state index in [2.05, 4.69) is 10.9 Å². The zero-order chi connectivity index (χ0) is 19.2. The molecular formula is C16H22N4O6. The van der Waals surface area contributed by atoms with Gasteiger partial charge in [0.05, 0.1) is 37.9 Å². The lowest BCUT2D eigenvalue weighted by molar-refractivity contribution is -0.196. The van der Waals surface area contributed by atoms with Crippen molar-refractivity contribution in [2.75, 3.05) is 14.2 Å². The maximum absolute atomic E-state index is 12.4. The zero-order valence-electron chi connectivity index (χ0n) is 14.4. The first kappa shape index (κ1) is 18.3. The maximum Gasteiger partial charge on any atom is 0.310 e. The molecule has 142 valence electrons. The van der Waals surface area contributed by atoms with E-state index in [1.165, 1.54) is 14.2 Å². The van der Waals surface area contributed by atoms with Gasteiger partial charge in [0, 0.05) is 0 Å². The molecule has 0 unspecified atom stereocenters. The minimum Gasteiger partial charge on any atom is -0.469 e. The first-order valence-electron chi connectivity index (χ1n) is 8.27. The topological polar surface area (TPSA) is 163 Å². The molecule has 0 aromatic carbocycles. The lowest BCUT2D eigenvalue weighted by Crippen LogP contribution is -2.70. The predicted molar refractivity (Wildman–Crippen MR) is 85.8 cm³/mol. The van der Waals surface area contributed by atoms with Gasteiger partial charge in [0.1, 0.15) is 0 Å². The summed E-state index contributed by atoms with van der Waals surface area (Å²) in [5.41, 5.74) is 4.16. The van der Waals surface area contributed by atoms with E-state index in [0.717, 1.165) is 0 Å². The summed E-state index contributed by atoms with van der Waals surface area (Å²) >= 11 is 0. The van der Waals surface area contributed by atoms with Gasteiger partial charge in [-0.2, -0.15) is 0 Å². The highest BCUT2D eigenvalue weighted by Crippen LogP contribution is 2.64. The molecule has 2 saturated carbocycles. The Labute approximate surface area is 149 Å². The Kier molecular flexibility index (Phi) is 4.72. The summed E-state index contributed by atoms with van der Waals surface area (Å²) in [5, 5.41) is 0. The van der Waals surface area contributed by atoms with Crippen LogP contribution in [0.4, 0.5) is 0 Å². The third-order valence-corrected chi connectivity index (χ3v) is 6.16. The fourth-order valence-corrected chi connectivity index (χ4v) is 5.26. The third kappa shape index (κ3) is 2.32.